The lowest BCUT2D eigenvalue weighted by atomic mass is 10.1. The highest BCUT2D eigenvalue weighted by Crippen LogP contribution is 1.97. The van der Waals surface area contributed by atoms with Crippen LogP contribution in [0.5, 0.6) is 0 Å². The Morgan fingerprint density at radius 2 is 1.42 bits per heavy atom. The number of carboxylic acids is 1. The molecular formula is C13H23N5O7S. The summed E-state index contributed by atoms with van der Waals surface area (Å²) in [4.78, 5) is 57.5. The number of carbonyl (C=O) groups is 5. The van der Waals surface area contributed by atoms with Crippen molar-refractivity contribution in [2.45, 2.75) is 37.5 Å². The molecule has 0 fully saturated rings. The molecule has 0 aliphatic carbocycles. The molecule has 13 heteroatoms. The van der Waals surface area contributed by atoms with Crippen LogP contribution in [0.15, 0.2) is 0 Å². The van der Waals surface area contributed by atoms with Gasteiger partial charge in [0.05, 0.1) is 19.1 Å². The SMILES string of the molecule is CC(N)C(=O)NC(CO)C(=O)NC(CS)C(=O)NC(CC(N)=O)C(=O)O. The van der Waals surface area contributed by atoms with Gasteiger partial charge in [-0.1, -0.05) is 0 Å². The molecule has 0 aromatic rings. The maximum absolute atomic E-state index is 12.1. The van der Waals surface area contributed by atoms with E-state index in [1.165, 1.54) is 6.92 Å². The third-order valence-corrected chi connectivity index (χ3v) is 3.43. The van der Waals surface area contributed by atoms with Gasteiger partial charge in [-0.3, -0.25) is 19.2 Å². The number of thiol groups is 1. The summed E-state index contributed by atoms with van der Waals surface area (Å²) in [5, 5.41) is 24.6. The topological polar surface area (TPSA) is 214 Å². The second kappa shape index (κ2) is 11.3. The Labute approximate surface area is 154 Å². The fourth-order valence-electron chi connectivity index (χ4n) is 1.64. The number of aliphatic carboxylic acids is 1. The van der Waals surface area contributed by atoms with E-state index in [9.17, 15) is 29.1 Å². The van der Waals surface area contributed by atoms with Gasteiger partial charge in [0.2, 0.25) is 23.6 Å². The number of carbonyl (C=O) groups excluding carboxylic acids is 4. The van der Waals surface area contributed by atoms with E-state index in [1.807, 2.05) is 5.32 Å². The largest absolute Gasteiger partial charge is 0.480 e. The Bertz CT molecular complexity index is 557. The first-order valence-electron chi connectivity index (χ1n) is 7.43. The summed E-state index contributed by atoms with van der Waals surface area (Å²) in [7, 11) is 0. The van der Waals surface area contributed by atoms with E-state index in [0.717, 1.165) is 0 Å². The van der Waals surface area contributed by atoms with Crippen LogP contribution in [-0.4, -0.2) is 76.3 Å². The van der Waals surface area contributed by atoms with Crippen molar-refractivity contribution in [3.05, 3.63) is 0 Å². The van der Waals surface area contributed by atoms with E-state index in [2.05, 4.69) is 23.3 Å². The molecule has 4 atom stereocenters. The summed E-state index contributed by atoms with van der Waals surface area (Å²) in [6, 6.07) is -5.16. The number of aliphatic hydroxyl groups is 1. The molecule has 0 spiro atoms. The molecule has 0 bridgehead atoms. The van der Waals surface area contributed by atoms with Crippen LogP contribution in [-0.2, 0) is 24.0 Å². The van der Waals surface area contributed by atoms with Gasteiger partial charge in [0.25, 0.3) is 0 Å². The quantitative estimate of drug-likeness (QED) is 0.160. The van der Waals surface area contributed by atoms with Crippen molar-refractivity contribution in [1.29, 1.82) is 0 Å². The molecule has 0 rings (SSSR count). The van der Waals surface area contributed by atoms with Crippen molar-refractivity contribution in [3.8, 4) is 0 Å². The monoisotopic (exact) mass is 393 g/mol. The minimum atomic E-state index is -1.58. The second-order valence-corrected chi connectivity index (χ2v) is 5.71. The summed E-state index contributed by atoms with van der Waals surface area (Å²) in [5.41, 5.74) is 10.3. The summed E-state index contributed by atoms with van der Waals surface area (Å²) >= 11 is 3.89. The standard InChI is InChI=1S/C13H23N5O7S/c1-5(14)10(21)17-7(3-19)11(22)18-8(4-26)12(23)16-6(13(24)25)2-9(15)20/h5-8,19,26H,2-4,14H2,1H3,(H2,15,20)(H,16,23)(H,17,21)(H,18,22)(H,24,25). The normalized spacial score (nSPS) is 15.1. The lowest BCUT2D eigenvalue weighted by Gasteiger charge is -2.22. The average molecular weight is 393 g/mol. The summed E-state index contributed by atoms with van der Waals surface area (Å²) < 4.78 is 0. The Kier molecular flexibility index (Phi) is 10.2. The van der Waals surface area contributed by atoms with Crippen molar-refractivity contribution in [3.63, 3.8) is 0 Å². The zero-order valence-electron chi connectivity index (χ0n) is 14.0. The van der Waals surface area contributed by atoms with E-state index in [1.54, 1.807) is 0 Å². The summed E-state index contributed by atoms with van der Waals surface area (Å²) in [5.74, 6) is -5.19. The van der Waals surface area contributed by atoms with Crippen molar-refractivity contribution in [2.75, 3.05) is 12.4 Å². The molecule has 0 heterocycles. The minimum absolute atomic E-state index is 0.222. The van der Waals surface area contributed by atoms with Crippen LogP contribution in [0.2, 0.25) is 0 Å². The van der Waals surface area contributed by atoms with Crippen LogP contribution in [0.25, 0.3) is 0 Å². The van der Waals surface area contributed by atoms with Crippen LogP contribution in [0, 0.1) is 0 Å². The van der Waals surface area contributed by atoms with Gasteiger partial charge >= 0.3 is 5.97 Å². The smallest absolute Gasteiger partial charge is 0.326 e. The Balaban J connectivity index is 4.96. The zero-order chi connectivity index (χ0) is 20.4. The number of aliphatic hydroxyl groups excluding tert-OH is 1. The van der Waals surface area contributed by atoms with Crippen molar-refractivity contribution in [2.24, 2.45) is 11.5 Å². The molecule has 4 unspecified atom stereocenters. The lowest BCUT2D eigenvalue weighted by Crippen LogP contribution is -2.58. The van der Waals surface area contributed by atoms with Gasteiger partial charge in [0.1, 0.15) is 18.1 Å². The van der Waals surface area contributed by atoms with Crippen LogP contribution < -0.4 is 27.4 Å². The number of rotatable bonds is 11. The Hall–Kier alpha value is -2.38. The summed E-state index contributed by atoms with van der Waals surface area (Å²) in [6.07, 6.45) is -0.641. The highest BCUT2D eigenvalue weighted by atomic mass is 32.1. The van der Waals surface area contributed by atoms with Crippen LogP contribution in [0.1, 0.15) is 13.3 Å². The van der Waals surface area contributed by atoms with Gasteiger partial charge in [-0.05, 0) is 6.92 Å². The first-order valence-corrected chi connectivity index (χ1v) is 8.06. The van der Waals surface area contributed by atoms with Crippen LogP contribution in [0.4, 0.5) is 0 Å². The molecule has 4 amide bonds. The van der Waals surface area contributed by atoms with Gasteiger partial charge in [0.15, 0.2) is 0 Å². The van der Waals surface area contributed by atoms with Crippen LogP contribution in [0.3, 0.4) is 0 Å². The maximum Gasteiger partial charge on any atom is 0.326 e. The number of nitrogens with one attached hydrogen (secondary N) is 3. The molecule has 12 nitrogen and oxygen atoms in total. The second-order valence-electron chi connectivity index (χ2n) is 5.35. The zero-order valence-corrected chi connectivity index (χ0v) is 14.9. The lowest BCUT2D eigenvalue weighted by molar-refractivity contribution is -0.143. The molecule has 0 saturated heterocycles. The van der Waals surface area contributed by atoms with E-state index < -0.39 is 66.8 Å². The van der Waals surface area contributed by atoms with E-state index in [-0.39, 0.29) is 5.75 Å². The highest BCUT2D eigenvalue weighted by Gasteiger charge is 2.29. The van der Waals surface area contributed by atoms with E-state index >= 15 is 0 Å². The Morgan fingerprint density at radius 3 is 1.81 bits per heavy atom. The van der Waals surface area contributed by atoms with E-state index in [0.29, 0.717) is 0 Å². The summed E-state index contributed by atoms with van der Waals surface area (Å²) in [6.45, 7) is 0.612. The van der Waals surface area contributed by atoms with Crippen molar-refractivity contribution >= 4 is 42.2 Å². The highest BCUT2D eigenvalue weighted by molar-refractivity contribution is 7.80. The number of hydrogen-bond acceptors (Lipinski definition) is 8. The molecule has 0 aliphatic heterocycles. The molecule has 148 valence electrons. The third kappa shape index (κ3) is 8.13. The molecule has 0 saturated carbocycles. The van der Waals surface area contributed by atoms with Crippen LogP contribution >= 0.6 is 12.6 Å². The maximum atomic E-state index is 12.1. The minimum Gasteiger partial charge on any atom is -0.480 e. The molecular weight excluding hydrogens is 370 g/mol. The number of nitrogens with two attached hydrogens (primary N) is 2. The predicted octanol–water partition coefficient (Wildman–Crippen LogP) is -4.33. The molecule has 26 heavy (non-hydrogen) atoms. The average Bonchev–Trinajstić information content (AvgIpc) is 2.55. The number of carboxylic acid groups (broad SMARTS) is 1. The third-order valence-electron chi connectivity index (χ3n) is 3.06. The van der Waals surface area contributed by atoms with E-state index in [4.69, 9.17) is 16.6 Å². The predicted molar refractivity (Wildman–Crippen MR) is 91.8 cm³/mol. The number of hydrogen-bond donors (Lipinski definition) is 8. The van der Waals surface area contributed by atoms with Gasteiger partial charge in [-0.15, -0.1) is 0 Å². The number of primary amides is 1. The fraction of sp³-hybridized carbons (Fsp3) is 0.615. The molecule has 0 radical (unpaired) electrons. The van der Waals surface area contributed by atoms with Gasteiger partial charge in [0, 0.05) is 5.75 Å². The van der Waals surface area contributed by atoms with Crippen molar-refractivity contribution in [1.82, 2.24) is 16.0 Å². The van der Waals surface area contributed by atoms with Gasteiger partial charge in [-0.2, -0.15) is 12.6 Å². The fourth-order valence-corrected chi connectivity index (χ4v) is 1.89. The molecule has 0 aromatic heterocycles. The first kappa shape index (κ1) is 23.6. The first-order chi connectivity index (χ1) is 12.0. The molecule has 9 N–H and O–H groups in total. The van der Waals surface area contributed by atoms with Gasteiger partial charge in [-0.25, -0.2) is 4.79 Å². The van der Waals surface area contributed by atoms with Gasteiger partial charge < -0.3 is 37.6 Å². The Morgan fingerprint density at radius 1 is 0.962 bits per heavy atom. The number of amides is 4. The molecule has 0 aromatic carbocycles. The molecule has 0 aliphatic rings. The van der Waals surface area contributed by atoms with Crippen molar-refractivity contribution < 1.29 is 34.2 Å².